The predicted molar refractivity (Wildman–Crippen MR) is 55.6 cm³/mol. The molecule has 13 heavy (non-hydrogen) atoms. The van der Waals surface area contributed by atoms with Gasteiger partial charge in [0.15, 0.2) is 0 Å². The van der Waals surface area contributed by atoms with Crippen LogP contribution in [0, 0.1) is 11.8 Å². The Labute approximate surface area is 81.0 Å². The minimum atomic E-state index is 0.289. The molecule has 0 saturated carbocycles. The molecule has 0 bridgehead atoms. The number of aliphatic hydroxyl groups is 1. The molecule has 2 atom stereocenters. The second kappa shape index (κ2) is 6.17. The van der Waals surface area contributed by atoms with Crippen molar-refractivity contribution in [3.8, 4) is 0 Å². The van der Waals surface area contributed by atoms with Gasteiger partial charge in [0.25, 0.3) is 0 Å². The number of hydrogen-bond acceptors (Lipinski definition) is 2. The lowest BCUT2D eigenvalue weighted by Crippen LogP contribution is -2.28. The second-order valence-corrected chi connectivity index (χ2v) is 4.10. The summed E-state index contributed by atoms with van der Waals surface area (Å²) in [5, 5.41) is 12.2. The SMILES string of the molecule is CC(CO)CNCC1CC=CCC1. The summed E-state index contributed by atoms with van der Waals surface area (Å²) < 4.78 is 0. The smallest absolute Gasteiger partial charge is 0.0468 e. The summed E-state index contributed by atoms with van der Waals surface area (Å²) in [7, 11) is 0. The van der Waals surface area contributed by atoms with E-state index >= 15 is 0 Å². The van der Waals surface area contributed by atoms with Crippen LogP contribution in [-0.4, -0.2) is 24.8 Å². The van der Waals surface area contributed by atoms with Crippen LogP contribution >= 0.6 is 0 Å². The van der Waals surface area contributed by atoms with Crippen LogP contribution in [0.25, 0.3) is 0 Å². The maximum atomic E-state index is 8.82. The fourth-order valence-corrected chi connectivity index (χ4v) is 1.64. The summed E-state index contributed by atoms with van der Waals surface area (Å²) in [4.78, 5) is 0. The zero-order chi connectivity index (χ0) is 9.52. The van der Waals surface area contributed by atoms with Gasteiger partial charge >= 0.3 is 0 Å². The third-order valence-corrected chi connectivity index (χ3v) is 2.62. The van der Waals surface area contributed by atoms with E-state index in [0.717, 1.165) is 19.0 Å². The van der Waals surface area contributed by atoms with Gasteiger partial charge in [-0.2, -0.15) is 0 Å². The van der Waals surface area contributed by atoms with E-state index in [9.17, 15) is 0 Å². The van der Waals surface area contributed by atoms with Gasteiger partial charge < -0.3 is 10.4 Å². The zero-order valence-electron chi connectivity index (χ0n) is 8.50. The van der Waals surface area contributed by atoms with Gasteiger partial charge in [-0.05, 0) is 44.2 Å². The highest BCUT2D eigenvalue weighted by Gasteiger charge is 2.09. The van der Waals surface area contributed by atoms with Gasteiger partial charge in [0, 0.05) is 6.61 Å². The molecule has 1 rings (SSSR count). The van der Waals surface area contributed by atoms with Crippen molar-refractivity contribution in [3.63, 3.8) is 0 Å². The number of hydrogen-bond donors (Lipinski definition) is 2. The summed E-state index contributed by atoms with van der Waals surface area (Å²) in [6.07, 6.45) is 8.33. The highest BCUT2D eigenvalue weighted by Crippen LogP contribution is 2.16. The largest absolute Gasteiger partial charge is 0.396 e. The third-order valence-electron chi connectivity index (χ3n) is 2.62. The Morgan fingerprint density at radius 3 is 3.00 bits per heavy atom. The quantitative estimate of drug-likeness (QED) is 0.634. The first-order valence-corrected chi connectivity index (χ1v) is 5.29. The standard InChI is InChI=1S/C11H21NO/c1-10(9-13)7-12-8-11-5-3-2-4-6-11/h2-3,10-13H,4-9H2,1H3. The van der Waals surface area contributed by atoms with Gasteiger partial charge in [-0.25, -0.2) is 0 Å². The summed E-state index contributed by atoms with van der Waals surface area (Å²) in [6.45, 7) is 4.40. The molecule has 2 N–H and O–H groups in total. The highest BCUT2D eigenvalue weighted by atomic mass is 16.3. The van der Waals surface area contributed by atoms with Crippen LogP contribution in [0.3, 0.4) is 0 Å². The maximum Gasteiger partial charge on any atom is 0.0468 e. The van der Waals surface area contributed by atoms with Crippen molar-refractivity contribution < 1.29 is 5.11 Å². The Hall–Kier alpha value is -0.340. The van der Waals surface area contributed by atoms with Crippen LogP contribution < -0.4 is 5.32 Å². The van der Waals surface area contributed by atoms with Crippen molar-refractivity contribution >= 4 is 0 Å². The summed E-state index contributed by atoms with van der Waals surface area (Å²) in [5.74, 6) is 1.20. The van der Waals surface area contributed by atoms with Gasteiger partial charge in [-0.1, -0.05) is 19.1 Å². The van der Waals surface area contributed by atoms with Crippen molar-refractivity contribution in [2.75, 3.05) is 19.7 Å². The fraction of sp³-hybridized carbons (Fsp3) is 0.818. The molecule has 0 aromatic carbocycles. The molecule has 0 spiro atoms. The lowest BCUT2D eigenvalue weighted by molar-refractivity contribution is 0.231. The zero-order valence-corrected chi connectivity index (χ0v) is 8.50. The Bertz CT molecular complexity index is 156. The summed E-state index contributed by atoms with van der Waals surface area (Å²) in [6, 6.07) is 0. The monoisotopic (exact) mass is 183 g/mol. The van der Waals surface area contributed by atoms with Crippen LogP contribution in [0.2, 0.25) is 0 Å². The Balaban J connectivity index is 2.02. The molecule has 0 amide bonds. The topological polar surface area (TPSA) is 32.3 Å². The first-order valence-electron chi connectivity index (χ1n) is 5.29. The van der Waals surface area contributed by atoms with E-state index in [4.69, 9.17) is 5.11 Å². The number of nitrogens with one attached hydrogen (secondary N) is 1. The van der Waals surface area contributed by atoms with Gasteiger partial charge in [-0.3, -0.25) is 0 Å². The molecule has 1 aliphatic rings. The van der Waals surface area contributed by atoms with Gasteiger partial charge in [0.1, 0.15) is 0 Å². The Morgan fingerprint density at radius 1 is 1.54 bits per heavy atom. The molecule has 0 aliphatic heterocycles. The maximum absolute atomic E-state index is 8.82. The number of rotatable bonds is 5. The van der Waals surface area contributed by atoms with Crippen molar-refractivity contribution in [3.05, 3.63) is 12.2 Å². The molecular weight excluding hydrogens is 162 g/mol. The number of aliphatic hydroxyl groups excluding tert-OH is 1. The van der Waals surface area contributed by atoms with E-state index in [-0.39, 0.29) is 6.61 Å². The molecule has 0 radical (unpaired) electrons. The average Bonchev–Trinajstić information content (AvgIpc) is 2.19. The van der Waals surface area contributed by atoms with Crippen molar-refractivity contribution in [1.82, 2.24) is 5.32 Å². The Kier molecular flexibility index (Phi) is 5.09. The highest BCUT2D eigenvalue weighted by molar-refractivity contribution is 4.90. The minimum Gasteiger partial charge on any atom is -0.396 e. The van der Waals surface area contributed by atoms with E-state index in [1.807, 2.05) is 0 Å². The molecule has 76 valence electrons. The lowest BCUT2D eigenvalue weighted by Gasteiger charge is -2.19. The van der Waals surface area contributed by atoms with Crippen LogP contribution in [0.15, 0.2) is 12.2 Å². The normalized spacial score (nSPS) is 24.6. The van der Waals surface area contributed by atoms with E-state index in [0.29, 0.717) is 5.92 Å². The third kappa shape index (κ3) is 4.44. The van der Waals surface area contributed by atoms with E-state index in [1.165, 1.54) is 19.3 Å². The molecule has 1 aliphatic carbocycles. The van der Waals surface area contributed by atoms with Gasteiger partial charge in [0.2, 0.25) is 0 Å². The molecule has 0 aromatic rings. The fourth-order valence-electron chi connectivity index (χ4n) is 1.64. The van der Waals surface area contributed by atoms with Crippen LogP contribution in [0.4, 0.5) is 0 Å². The van der Waals surface area contributed by atoms with Gasteiger partial charge in [-0.15, -0.1) is 0 Å². The van der Waals surface area contributed by atoms with Gasteiger partial charge in [0.05, 0.1) is 0 Å². The van der Waals surface area contributed by atoms with E-state index in [1.54, 1.807) is 0 Å². The first-order chi connectivity index (χ1) is 6.33. The van der Waals surface area contributed by atoms with Crippen molar-refractivity contribution in [2.24, 2.45) is 11.8 Å². The summed E-state index contributed by atoms with van der Waals surface area (Å²) >= 11 is 0. The van der Waals surface area contributed by atoms with Crippen molar-refractivity contribution in [1.29, 1.82) is 0 Å². The average molecular weight is 183 g/mol. The summed E-state index contributed by atoms with van der Waals surface area (Å²) in [5.41, 5.74) is 0. The van der Waals surface area contributed by atoms with E-state index in [2.05, 4.69) is 24.4 Å². The molecule has 2 nitrogen and oxygen atoms in total. The minimum absolute atomic E-state index is 0.289. The molecule has 0 saturated heterocycles. The first kappa shape index (κ1) is 10.7. The second-order valence-electron chi connectivity index (χ2n) is 4.10. The van der Waals surface area contributed by atoms with Crippen LogP contribution in [0.1, 0.15) is 26.2 Å². The number of allylic oxidation sites excluding steroid dienone is 2. The molecule has 0 fully saturated rings. The molecule has 0 heterocycles. The lowest BCUT2D eigenvalue weighted by atomic mass is 9.94. The van der Waals surface area contributed by atoms with Crippen molar-refractivity contribution in [2.45, 2.75) is 26.2 Å². The predicted octanol–water partition coefficient (Wildman–Crippen LogP) is 1.56. The molecule has 0 aromatic heterocycles. The molecule has 2 unspecified atom stereocenters. The Morgan fingerprint density at radius 2 is 2.38 bits per heavy atom. The molecular formula is C11H21NO. The molecule has 2 heteroatoms. The van der Waals surface area contributed by atoms with E-state index < -0.39 is 0 Å². The van der Waals surface area contributed by atoms with Crippen LogP contribution in [0.5, 0.6) is 0 Å². The van der Waals surface area contributed by atoms with Crippen LogP contribution in [-0.2, 0) is 0 Å².